The fourth-order valence-electron chi connectivity index (χ4n) is 3.37. The van der Waals surface area contributed by atoms with Gasteiger partial charge in [0.2, 0.25) is 0 Å². The fraction of sp³-hybridized carbons (Fsp3) is 0.120. The summed E-state index contributed by atoms with van der Waals surface area (Å²) in [4.78, 5) is 0. The summed E-state index contributed by atoms with van der Waals surface area (Å²) in [5.41, 5.74) is 3.24. The van der Waals surface area contributed by atoms with Crippen molar-refractivity contribution in [3.63, 3.8) is 0 Å². The van der Waals surface area contributed by atoms with E-state index in [0.717, 1.165) is 27.0 Å². The zero-order valence-electron chi connectivity index (χ0n) is 16.2. The van der Waals surface area contributed by atoms with E-state index < -0.39 is 0 Å². The molecule has 0 atom stereocenters. The summed E-state index contributed by atoms with van der Waals surface area (Å²) >= 11 is 3.59. The van der Waals surface area contributed by atoms with Crippen LogP contribution in [0.15, 0.2) is 89.4 Å². The van der Waals surface area contributed by atoms with Crippen LogP contribution in [0.3, 0.4) is 0 Å². The second kappa shape index (κ2) is 9.01. The second-order valence-electron chi connectivity index (χ2n) is 6.75. The van der Waals surface area contributed by atoms with Gasteiger partial charge in [-0.05, 0) is 29.1 Å². The minimum atomic E-state index is 0.486. The van der Waals surface area contributed by atoms with Crippen LogP contribution in [-0.2, 0) is 13.2 Å². The van der Waals surface area contributed by atoms with Crippen molar-refractivity contribution in [2.24, 2.45) is 0 Å². The van der Waals surface area contributed by atoms with Crippen molar-refractivity contribution in [1.82, 2.24) is 0 Å². The summed E-state index contributed by atoms with van der Waals surface area (Å²) in [5.74, 6) is 1.47. The largest absolute Gasteiger partial charge is 0.493 e. The first kappa shape index (κ1) is 19.3. The van der Waals surface area contributed by atoms with E-state index in [9.17, 15) is 0 Å². The predicted molar refractivity (Wildman–Crippen MR) is 123 cm³/mol. The standard InChI is InChI=1S/C25H22BrNO2/c1-28-24-15-21(26)14-20(25(24)29-17-18-8-3-2-4-9-18)16-27-23-13-7-11-19-10-5-6-12-22(19)23/h2-15,27H,16-17H2,1H3. The maximum Gasteiger partial charge on any atom is 0.166 e. The number of anilines is 1. The Kier molecular flexibility index (Phi) is 6.01. The summed E-state index contributed by atoms with van der Waals surface area (Å²) in [6.45, 7) is 1.11. The Morgan fingerprint density at radius 3 is 2.45 bits per heavy atom. The van der Waals surface area contributed by atoms with Crippen LogP contribution in [0.25, 0.3) is 10.8 Å². The SMILES string of the molecule is COc1cc(Br)cc(CNc2cccc3ccccc23)c1OCc1ccccc1. The normalized spacial score (nSPS) is 10.7. The molecule has 0 bridgehead atoms. The fourth-order valence-corrected chi connectivity index (χ4v) is 3.85. The third-order valence-electron chi connectivity index (χ3n) is 4.80. The first-order chi connectivity index (χ1) is 14.2. The van der Waals surface area contributed by atoms with Crippen molar-refractivity contribution in [2.75, 3.05) is 12.4 Å². The highest BCUT2D eigenvalue weighted by Crippen LogP contribution is 2.36. The molecule has 0 heterocycles. The number of halogens is 1. The van der Waals surface area contributed by atoms with Crippen LogP contribution < -0.4 is 14.8 Å². The van der Waals surface area contributed by atoms with Crippen molar-refractivity contribution in [3.05, 3.63) is 101 Å². The molecule has 0 spiro atoms. The first-order valence-corrected chi connectivity index (χ1v) is 10.3. The van der Waals surface area contributed by atoms with Gasteiger partial charge in [-0.3, -0.25) is 0 Å². The molecule has 0 aromatic heterocycles. The van der Waals surface area contributed by atoms with Gasteiger partial charge in [-0.2, -0.15) is 0 Å². The van der Waals surface area contributed by atoms with E-state index in [2.05, 4.69) is 81.9 Å². The molecule has 0 aliphatic carbocycles. The summed E-state index contributed by atoms with van der Waals surface area (Å²) in [7, 11) is 1.67. The number of hydrogen-bond donors (Lipinski definition) is 1. The monoisotopic (exact) mass is 447 g/mol. The Hall–Kier alpha value is -2.98. The van der Waals surface area contributed by atoms with Crippen LogP contribution >= 0.6 is 15.9 Å². The van der Waals surface area contributed by atoms with Gasteiger partial charge in [-0.15, -0.1) is 0 Å². The highest BCUT2D eigenvalue weighted by molar-refractivity contribution is 9.10. The molecule has 146 valence electrons. The molecule has 0 aliphatic heterocycles. The minimum absolute atomic E-state index is 0.486. The Morgan fingerprint density at radius 1 is 0.862 bits per heavy atom. The average molecular weight is 448 g/mol. The lowest BCUT2D eigenvalue weighted by molar-refractivity contribution is 0.281. The topological polar surface area (TPSA) is 30.5 Å². The zero-order valence-corrected chi connectivity index (χ0v) is 17.8. The average Bonchev–Trinajstić information content (AvgIpc) is 2.77. The molecular weight excluding hydrogens is 426 g/mol. The second-order valence-corrected chi connectivity index (χ2v) is 7.67. The van der Waals surface area contributed by atoms with Gasteiger partial charge in [0.15, 0.2) is 11.5 Å². The number of nitrogens with one attached hydrogen (secondary N) is 1. The Bertz CT molecular complexity index is 1110. The van der Waals surface area contributed by atoms with E-state index in [1.54, 1.807) is 7.11 Å². The third-order valence-corrected chi connectivity index (χ3v) is 5.26. The van der Waals surface area contributed by atoms with Crippen molar-refractivity contribution in [1.29, 1.82) is 0 Å². The predicted octanol–water partition coefficient (Wildman–Crippen LogP) is 6.80. The molecule has 0 saturated carbocycles. The van der Waals surface area contributed by atoms with Gasteiger partial charge < -0.3 is 14.8 Å². The Labute approximate surface area is 179 Å². The van der Waals surface area contributed by atoms with E-state index in [-0.39, 0.29) is 0 Å². The molecular formula is C25H22BrNO2. The van der Waals surface area contributed by atoms with Gasteiger partial charge in [0.05, 0.1) is 7.11 Å². The number of benzene rings is 4. The van der Waals surface area contributed by atoms with E-state index in [1.165, 1.54) is 10.8 Å². The van der Waals surface area contributed by atoms with Crippen LogP contribution in [0.2, 0.25) is 0 Å². The summed E-state index contributed by atoms with van der Waals surface area (Å²) in [6.07, 6.45) is 0. The molecule has 4 aromatic carbocycles. The van der Waals surface area contributed by atoms with Crippen LogP contribution in [0.4, 0.5) is 5.69 Å². The van der Waals surface area contributed by atoms with E-state index >= 15 is 0 Å². The quantitative estimate of drug-likeness (QED) is 0.337. The number of ether oxygens (including phenoxy) is 2. The minimum Gasteiger partial charge on any atom is -0.493 e. The van der Waals surface area contributed by atoms with Gasteiger partial charge in [0.1, 0.15) is 6.61 Å². The van der Waals surface area contributed by atoms with Crippen LogP contribution in [-0.4, -0.2) is 7.11 Å². The molecule has 3 nitrogen and oxygen atoms in total. The van der Waals surface area contributed by atoms with Gasteiger partial charge in [-0.1, -0.05) is 82.7 Å². The zero-order chi connectivity index (χ0) is 20.1. The van der Waals surface area contributed by atoms with E-state index in [0.29, 0.717) is 18.9 Å². The summed E-state index contributed by atoms with van der Waals surface area (Å²) in [5, 5.41) is 5.98. The molecule has 0 amide bonds. The Morgan fingerprint density at radius 2 is 1.62 bits per heavy atom. The maximum absolute atomic E-state index is 6.19. The lowest BCUT2D eigenvalue weighted by Gasteiger charge is -2.17. The first-order valence-electron chi connectivity index (χ1n) is 9.49. The lowest BCUT2D eigenvalue weighted by atomic mass is 10.1. The van der Waals surface area contributed by atoms with E-state index in [1.807, 2.05) is 24.3 Å². The van der Waals surface area contributed by atoms with Crippen LogP contribution in [0, 0.1) is 0 Å². The molecule has 4 heteroatoms. The van der Waals surface area contributed by atoms with Crippen molar-refractivity contribution < 1.29 is 9.47 Å². The Balaban J connectivity index is 1.61. The molecule has 4 aromatic rings. The molecule has 0 saturated heterocycles. The molecule has 1 N–H and O–H groups in total. The third kappa shape index (κ3) is 4.54. The highest BCUT2D eigenvalue weighted by Gasteiger charge is 2.14. The van der Waals surface area contributed by atoms with Gasteiger partial charge in [-0.25, -0.2) is 0 Å². The maximum atomic E-state index is 6.19. The van der Waals surface area contributed by atoms with Gasteiger partial charge in [0, 0.05) is 27.7 Å². The number of hydrogen-bond acceptors (Lipinski definition) is 3. The molecule has 0 aliphatic rings. The highest BCUT2D eigenvalue weighted by atomic mass is 79.9. The molecule has 29 heavy (non-hydrogen) atoms. The smallest absolute Gasteiger partial charge is 0.166 e. The summed E-state index contributed by atoms with van der Waals surface area (Å²) in [6, 6.07) is 28.8. The van der Waals surface area contributed by atoms with E-state index in [4.69, 9.17) is 9.47 Å². The van der Waals surface area contributed by atoms with Crippen molar-refractivity contribution in [3.8, 4) is 11.5 Å². The van der Waals surface area contributed by atoms with Gasteiger partial charge in [0.25, 0.3) is 0 Å². The molecule has 4 rings (SSSR count). The molecule has 0 fully saturated rings. The van der Waals surface area contributed by atoms with Crippen molar-refractivity contribution in [2.45, 2.75) is 13.2 Å². The lowest BCUT2D eigenvalue weighted by Crippen LogP contribution is -2.06. The number of methoxy groups -OCH3 is 1. The van der Waals surface area contributed by atoms with Crippen molar-refractivity contribution >= 4 is 32.4 Å². The van der Waals surface area contributed by atoms with Gasteiger partial charge >= 0.3 is 0 Å². The number of fused-ring (bicyclic) bond motifs is 1. The number of rotatable bonds is 7. The molecule has 0 unspecified atom stereocenters. The van der Waals surface area contributed by atoms with Crippen LogP contribution in [0.1, 0.15) is 11.1 Å². The van der Waals surface area contributed by atoms with Crippen LogP contribution in [0.5, 0.6) is 11.5 Å². The molecule has 0 radical (unpaired) electrons. The summed E-state index contributed by atoms with van der Waals surface area (Å²) < 4.78 is 12.7.